The Balaban J connectivity index is 2.02. The summed E-state index contributed by atoms with van der Waals surface area (Å²) in [6, 6.07) is 11.5. The van der Waals surface area contributed by atoms with Crippen molar-refractivity contribution in [3.8, 4) is 5.75 Å². The lowest BCUT2D eigenvalue weighted by atomic mass is 9.95. The Morgan fingerprint density at radius 2 is 1.58 bits per heavy atom. The van der Waals surface area contributed by atoms with Crippen LogP contribution >= 0.6 is 0 Å². The van der Waals surface area contributed by atoms with Gasteiger partial charge in [0.2, 0.25) is 11.8 Å². The van der Waals surface area contributed by atoms with Gasteiger partial charge in [-0.05, 0) is 88.8 Å². The Hall–Kier alpha value is -3.55. The van der Waals surface area contributed by atoms with Gasteiger partial charge in [-0.15, -0.1) is 0 Å². The van der Waals surface area contributed by atoms with Crippen LogP contribution in [0.3, 0.4) is 0 Å². The first-order valence-electron chi connectivity index (χ1n) is 12.3. The monoisotopic (exact) mass is 497 g/mol. The van der Waals surface area contributed by atoms with Crippen LogP contribution in [0.15, 0.2) is 42.5 Å². The quantitative estimate of drug-likeness (QED) is 0.374. The predicted octanol–water partition coefficient (Wildman–Crippen LogP) is 3.70. The smallest absolute Gasteiger partial charge is 0.408 e. The number of carbonyl (C=O) groups is 3. The lowest BCUT2D eigenvalue weighted by Gasteiger charge is -2.25. The van der Waals surface area contributed by atoms with E-state index in [-0.39, 0.29) is 18.1 Å². The van der Waals surface area contributed by atoms with Gasteiger partial charge in [-0.25, -0.2) is 4.79 Å². The van der Waals surface area contributed by atoms with Crippen molar-refractivity contribution < 1.29 is 24.2 Å². The van der Waals surface area contributed by atoms with E-state index in [1.807, 2.05) is 44.2 Å². The molecule has 0 radical (unpaired) electrons. The van der Waals surface area contributed by atoms with Crippen molar-refractivity contribution in [1.82, 2.24) is 16.0 Å². The fourth-order valence-corrected chi connectivity index (χ4v) is 3.84. The number of alkyl carbamates (subject to hydrolysis) is 1. The number of benzene rings is 2. The predicted molar refractivity (Wildman–Crippen MR) is 140 cm³/mol. The normalized spacial score (nSPS) is 12.8. The third kappa shape index (κ3) is 9.60. The van der Waals surface area contributed by atoms with Crippen LogP contribution in [0.4, 0.5) is 4.79 Å². The van der Waals surface area contributed by atoms with E-state index >= 15 is 0 Å². The van der Waals surface area contributed by atoms with Gasteiger partial charge in [0.15, 0.2) is 0 Å². The molecule has 0 aromatic heterocycles. The van der Waals surface area contributed by atoms with Crippen molar-refractivity contribution >= 4 is 17.9 Å². The first-order chi connectivity index (χ1) is 16.9. The molecule has 0 heterocycles. The number of hydrogen-bond donors (Lipinski definition) is 4. The summed E-state index contributed by atoms with van der Waals surface area (Å²) in [6.45, 7) is 11.0. The molecule has 8 heteroatoms. The van der Waals surface area contributed by atoms with Crippen LogP contribution < -0.4 is 16.0 Å². The van der Waals surface area contributed by atoms with Crippen LogP contribution in [0.5, 0.6) is 5.75 Å². The van der Waals surface area contributed by atoms with Crippen molar-refractivity contribution in [2.45, 2.75) is 78.5 Å². The van der Waals surface area contributed by atoms with E-state index in [1.54, 1.807) is 39.8 Å². The maximum absolute atomic E-state index is 13.2. The average molecular weight is 498 g/mol. The van der Waals surface area contributed by atoms with Crippen LogP contribution in [0.25, 0.3) is 0 Å². The molecule has 0 aliphatic carbocycles. The summed E-state index contributed by atoms with van der Waals surface area (Å²) in [6.07, 6.45) is 1.07. The molecule has 0 aliphatic heterocycles. The molecule has 2 rings (SSSR count). The van der Waals surface area contributed by atoms with E-state index in [1.165, 1.54) is 5.56 Å². The highest BCUT2D eigenvalue weighted by atomic mass is 16.6. The van der Waals surface area contributed by atoms with Gasteiger partial charge >= 0.3 is 6.09 Å². The van der Waals surface area contributed by atoms with E-state index in [0.29, 0.717) is 6.54 Å². The molecule has 36 heavy (non-hydrogen) atoms. The summed E-state index contributed by atoms with van der Waals surface area (Å²) < 4.78 is 5.34. The minimum atomic E-state index is -0.977. The first-order valence-corrected chi connectivity index (χ1v) is 12.3. The van der Waals surface area contributed by atoms with Crippen molar-refractivity contribution in [2.24, 2.45) is 0 Å². The van der Waals surface area contributed by atoms with Gasteiger partial charge in [-0.1, -0.05) is 30.3 Å². The fourth-order valence-electron chi connectivity index (χ4n) is 3.84. The number of aryl methyl sites for hydroxylation is 3. The summed E-state index contributed by atoms with van der Waals surface area (Å²) >= 11 is 0. The van der Waals surface area contributed by atoms with E-state index in [0.717, 1.165) is 29.5 Å². The maximum Gasteiger partial charge on any atom is 0.408 e. The standard InChI is InChI=1S/C28H39N3O5/c1-18-15-22(32)16-19(2)23(18)17-24(31-27(35)36-28(4,5)6)26(34)30-20(3)25(33)29-14-10-13-21-11-8-7-9-12-21/h7-9,11-12,15-16,20,24,32H,10,13-14,17H2,1-6H3,(H,29,33)(H,30,34)(H,31,35)/t20-,24+/m1/s1. The molecule has 2 aromatic carbocycles. The summed E-state index contributed by atoms with van der Waals surface area (Å²) in [7, 11) is 0. The molecule has 0 saturated heterocycles. The van der Waals surface area contributed by atoms with Crippen LogP contribution in [0, 0.1) is 13.8 Å². The summed E-state index contributed by atoms with van der Waals surface area (Å²) in [4.78, 5) is 38.2. The third-order valence-corrected chi connectivity index (χ3v) is 5.63. The van der Waals surface area contributed by atoms with Gasteiger partial charge in [-0.3, -0.25) is 9.59 Å². The molecule has 8 nitrogen and oxygen atoms in total. The molecule has 0 aliphatic rings. The highest BCUT2D eigenvalue weighted by molar-refractivity contribution is 5.91. The maximum atomic E-state index is 13.2. The second kappa shape index (κ2) is 13.0. The molecule has 2 aromatic rings. The summed E-state index contributed by atoms with van der Waals surface area (Å²) in [5.41, 5.74) is 2.87. The largest absolute Gasteiger partial charge is 0.508 e. The second-order valence-electron chi connectivity index (χ2n) is 10.1. The highest BCUT2D eigenvalue weighted by Gasteiger charge is 2.28. The molecule has 0 bridgehead atoms. The highest BCUT2D eigenvalue weighted by Crippen LogP contribution is 2.22. The molecule has 4 N–H and O–H groups in total. The number of carbonyl (C=O) groups excluding carboxylic acids is 3. The molecule has 0 spiro atoms. The van der Waals surface area contributed by atoms with Crippen molar-refractivity contribution in [3.63, 3.8) is 0 Å². The van der Waals surface area contributed by atoms with Gasteiger partial charge in [-0.2, -0.15) is 0 Å². The zero-order valence-electron chi connectivity index (χ0n) is 22.1. The fraction of sp³-hybridized carbons (Fsp3) is 0.464. The minimum absolute atomic E-state index is 0.132. The van der Waals surface area contributed by atoms with Crippen LogP contribution in [0.2, 0.25) is 0 Å². The molecule has 0 unspecified atom stereocenters. The van der Waals surface area contributed by atoms with Crippen LogP contribution in [-0.2, 0) is 27.2 Å². The van der Waals surface area contributed by atoms with Gasteiger partial charge in [0.05, 0.1) is 0 Å². The molecule has 196 valence electrons. The van der Waals surface area contributed by atoms with E-state index in [4.69, 9.17) is 4.74 Å². The molecular formula is C28H39N3O5. The van der Waals surface area contributed by atoms with Crippen molar-refractivity contribution in [3.05, 3.63) is 64.7 Å². The second-order valence-corrected chi connectivity index (χ2v) is 10.1. The minimum Gasteiger partial charge on any atom is -0.508 e. The number of rotatable bonds is 10. The summed E-state index contributed by atoms with van der Waals surface area (Å²) in [5, 5.41) is 18.0. The molecule has 0 fully saturated rings. The number of ether oxygens (including phenoxy) is 1. The van der Waals surface area contributed by atoms with Crippen LogP contribution in [-0.4, -0.2) is 47.2 Å². The topological polar surface area (TPSA) is 117 Å². The lowest BCUT2D eigenvalue weighted by Crippen LogP contribution is -2.54. The Kier molecular flexibility index (Phi) is 10.3. The Labute approximate surface area is 213 Å². The van der Waals surface area contributed by atoms with Crippen molar-refractivity contribution in [1.29, 1.82) is 0 Å². The number of aromatic hydroxyl groups is 1. The number of amides is 3. The van der Waals surface area contributed by atoms with E-state index in [2.05, 4.69) is 16.0 Å². The van der Waals surface area contributed by atoms with Gasteiger partial charge in [0.1, 0.15) is 23.4 Å². The first kappa shape index (κ1) is 28.7. The molecule has 3 amide bonds. The third-order valence-electron chi connectivity index (χ3n) is 5.63. The van der Waals surface area contributed by atoms with E-state index < -0.39 is 29.7 Å². The number of hydrogen-bond acceptors (Lipinski definition) is 5. The van der Waals surface area contributed by atoms with E-state index in [9.17, 15) is 19.5 Å². The number of phenolic OH excluding ortho intramolecular Hbond substituents is 1. The number of phenols is 1. The SMILES string of the molecule is Cc1cc(O)cc(C)c1C[C@H](NC(=O)OC(C)(C)C)C(=O)N[C@H](C)C(=O)NCCCc1ccccc1. The van der Waals surface area contributed by atoms with Gasteiger partial charge in [0.25, 0.3) is 0 Å². The Bertz CT molecular complexity index is 1020. The number of nitrogens with one attached hydrogen (secondary N) is 3. The van der Waals surface area contributed by atoms with Gasteiger partial charge in [0, 0.05) is 13.0 Å². The zero-order chi connectivity index (χ0) is 26.9. The Morgan fingerprint density at radius 3 is 2.17 bits per heavy atom. The van der Waals surface area contributed by atoms with Crippen LogP contribution in [0.1, 0.15) is 56.4 Å². The molecule has 0 saturated carbocycles. The van der Waals surface area contributed by atoms with Crippen molar-refractivity contribution in [2.75, 3.05) is 6.54 Å². The zero-order valence-corrected chi connectivity index (χ0v) is 22.1. The average Bonchev–Trinajstić information content (AvgIpc) is 2.77. The molecular weight excluding hydrogens is 458 g/mol. The lowest BCUT2D eigenvalue weighted by molar-refractivity contribution is -0.129. The molecule has 2 atom stereocenters. The Morgan fingerprint density at radius 1 is 0.972 bits per heavy atom. The summed E-state index contributed by atoms with van der Waals surface area (Å²) in [5.74, 6) is -0.670. The van der Waals surface area contributed by atoms with Gasteiger partial charge < -0.3 is 25.8 Å².